The summed E-state index contributed by atoms with van der Waals surface area (Å²) in [6, 6.07) is 31.7. The van der Waals surface area contributed by atoms with Crippen molar-refractivity contribution in [3.63, 3.8) is 0 Å². The second kappa shape index (κ2) is 13.9. The predicted octanol–water partition coefficient (Wildman–Crippen LogP) is 5.03. The van der Waals surface area contributed by atoms with E-state index in [2.05, 4.69) is 20.8 Å². The minimum absolute atomic E-state index is 0.0117. The molecule has 1 unspecified atom stereocenters. The molecule has 1 atom stereocenters. The van der Waals surface area contributed by atoms with Crippen molar-refractivity contribution in [2.75, 3.05) is 6.61 Å². The topological polar surface area (TPSA) is 92.7 Å². The number of carbonyl (C=O) groups is 2. The lowest BCUT2D eigenvalue weighted by Gasteiger charge is -2.18. The second-order valence-electron chi connectivity index (χ2n) is 8.38. The summed E-state index contributed by atoms with van der Waals surface area (Å²) in [5.41, 5.74) is 6.06. The minimum atomic E-state index is -0.539. The van der Waals surface area contributed by atoms with Gasteiger partial charge in [-0.2, -0.15) is 5.10 Å². The molecule has 0 saturated heterocycles. The SMILES string of the molecule is O=C(CC(NC(=O)COc1ccc(/C=C/c2ccccc2)cc1)c1ccccc1)N/N=C/c1ccccn1. The zero-order valence-electron chi connectivity index (χ0n) is 20.7. The standard InChI is InChI=1S/C31H28N4O3/c36-30(35-33-22-27-13-7-8-20-32-27)21-29(26-11-5-2-6-12-26)34-31(37)23-38-28-18-16-25(17-19-28)15-14-24-9-3-1-4-10-24/h1-20,22,29H,21,23H2,(H,34,37)(H,35,36)/b15-14+,33-22+. The number of carbonyl (C=O) groups excluding carboxylic acids is 2. The summed E-state index contributed by atoms with van der Waals surface area (Å²) in [7, 11) is 0. The quantitative estimate of drug-likeness (QED) is 0.170. The Bertz CT molecular complexity index is 1360. The second-order valence-corrected chi connectivity index (χ2v) is 8.38. The van der Waals surface area contributed by atoms with Crippen molar-refractivity contribution in [2.45, 2.75) is 12.5 Å². The third kappa shape index (κ3) is 8.57. The summed E-state index contributed by atoms with van der Waals surface area (Å²) in [6.07, 6.45) is 7.17. The van der Waals surface area contributed by atoms with Gasteiger partial charge in [0.15, 0.2) is 6.61 Å². The molecular formula is C31H28N4O3. The minimum Gasteiger partial charge on any atom is -0.484 e. The fourth-order valence-corrected chi connectivity index (χ4v) is 3.61. The van der Waals surface area contributed by atoms with Gasteiger partial charge in [-0.3, -0.25) is 14.6 Å². The molecule has 0 radical (unpaired) electrons. The van der Waals surface area contributed by atoms with Gasteiger partial charge in [0.1, 0.15) is 5.75 Å². The van der Waals surface area contributed by atoms with Crippen molar-refractivity contribution < 1.29 is 14.3 Å². The van der Waals surface area contributed by atoms with Gasteiger partial charge in [-0.1, -0.05) is 91.0 Å². The van der Waals surface area contributed by atoms with E-state index in [9.17, 15) is 9.59 Å². The normalized spacial score (nSPS) is 11.8. The van der Waals surface area contributed by atoms with E-state index in [1.165, 1.54) is 6.21 Å². The lowest BCUT2D eigenvalue weighted by Crippen LogP contribution is -2.35. The van der Waals surface area contributed by atoms with E-state index in [0.29, 0.717) is 11.4 Å². The summed E-state index contributed by atoms with van der Waals surface area (Å²) in [5, 5.41) is 6.84. The molecule has 4 aromatic rings. The molecule has 0 aliphatic carbocycles. The Morgan fingerprint density at radius 2 is 1.45 bits per heavy atom. The Labute approximate surface area is 221 Å². The highest BCUT2D eigenvalue weighted by molar-refractivity contribution is 5.82. The van der Waals surface area contributed by atoms with Crippen molar-refractivity contribution >= 4 is 30.2 Å². The maximum Gasteiger partial charge on any atom is 0.258 e. The number of rotatable bonds is 11. The van der Waals surface area contributed by atoms with Crippen LogP contribution in [0.15, 0.2) is 114 Å². The Hall–Kier alpha value is -5.04. The smallest absolute Gasteiger partial charge is 0.258 e. The van der Waals surface area contributed by atoms with Gasteiger partial charge in [-0.05, 0) is 41.0 Å². The maximum atomic E-state index is 12.7. The molecule has 1 aromatic heterocycles. The van der Waals surface area contributed by atoms with E-state index in [1.807, 2.05) is 103 Å². The molecule has 0 aliphatic rings. The number of aromatic nitrogens is 1. The molecule has 1 heterocycles. The van der Waals surface area contributed by atoms with Crippen molar-refractivity contribution in [3.8, 4) is 5.75 Å². The molecule has 0 spiro atoms. The number of nitrogens with zero attached hydrogens (tertiary/aromatic N) is 2. The van der Waals surface area contributed by atoms with Crippen molar-refractivity contribution in [3.05, 3.63) is 132 Å². The zero-order valence-corrected chi connectivity index (χ0v) is 20.7. The molecule has 0 bridgehead atoms. The fourth-order valence-electron chi connectivity index (χ4n) is 3.61. The van der Waals surface area contributed by atoms with Crippen LogP contribution in [0.1, 0.15) is 34.8 Å². The number of hydrazone groups is 1. The Kier molecular flexibility index (Phi) is 9.52. The number of hydrogen-bond acceptors (Lipinski definition) is 5. The molecule has 3 aromatic carbocycles. The summed E-state index contributed by atoms with van der Waals surface area (Å²) in [4.78, 5) is 29.3. The van der Waals surface area contributed by atoms with E-state index >= 15 is 0 Å². The molecule has 0 aliphatic heterocycles. The lowest BCUT2D eigenvalue weighted by molar-refractivity contribution is -0.125. The van der Waals surface area contributed by atoms with E-state index in [-0.39, 0.29) is 24.8 Å². The first-order chi connectivity index (χ1) is 18.7. The number of ether oxygens (including phenoxy) is 1. The Morgan fingerprint density at radius 3 is 2.13 bits per heavy atom. The number of nitrogens with one attached hydrogen (secondary N) is 2. The summed E-state index contributed by atoms with van der Waals surface area (Å²) in [6.45, 7) is -0.179. The van der Waals surface area contributed by atoms with Crippen LogP contribution in [0.2, 0.25) is 0 Å². The van der Waals surface area contributed by atoms with Gasteiger partial charge in [0.25, 0.3) is 5.91 Å². The average Bonchev–Trinajstić information content (AvgIpc) is 2.97. The molecule has 2 N–H and O–H groups in total. The van der Waals surface area contributed by atoms with Gasteiger partial charge in [0, 0.05) is 6.20 Å². The van der Waals surface area contributed by atoms with Crippen LogP contribution in [-0.4, -0.2) is 29.6 Å². The third-order valence-electron chi connectivity index (χ3n) is 5.52. The molecular weight excluding hydrogens is 476 g/mol. The molecule has 0 saturated carbocycles. The van der Waals surface area contributed by atoms with Gasteiger partial charge in [0.05, 0.1) is 24.4 Å². The molecule has 0 fully saturated rings. The first-order valence-corrected chi connectivity index (χ1v) is 12.2. The number of pyridine rings is 1. The highest BCUT2D eigenvalue weighted by Gasteiger charge is 2.18. The summed E-state index contributed by atoms with van der Waals surface area (Å²) < 4.78 is 5.67. The van der Waals surface area contributed by atoms with Crippen LogP contribution >= 0.6 is 0 Å². The van der Waals surface area contributed by atoms with Gasteiger partial charge in [0.2, 0.25) is 5.91 Å². The molecule has 38 heavy (non-hydrogen) atoms. The van der Waals surface area contributed by atoms with Gasteiger partial charge in [-0.15, -0.1) is 0 Å². The largest absolute Gasteiger partial charge is 0.484 e. The third-order valence-corrected chi connectivity index (χ3v) is 5.52. The van der Waals surface area contributed by atoms with Crippen LogP contribution in [0.3, 0.4) is 0 Å². The van der Waals surface area contributed by atoms with Crippen LogP contribution in [0.5, 0.6) is 5.75 Å². The van der Waals surface area contributed by atoms with E-state index in [0.717, 1.165) is 16.7 Å². The highest BCUT2D eigenvalue weighted by atomic mass is 16.5. The summed E-state index contributed by atoms with van der Waals surface area (Å²) in [5.74, 6) is -0.0991. The van der Waals surface area contributed by atoms with Crippen LogP contribution in [0.25, 0.3) is 12.2 Å². The molecule has 2 amide bonds. The monoisotopic (exact) mass is 504 g/mol. The van der Waals surface area contributed by atoms with E-state index in [1.54, 1.807) is 18.3 Å². The van der Waals surface area contributed by atoms with Gasteiger partial charge < -0.3 is 10.1 Å². The number of hydrogen-bond donors (Lipinski definition) is 2. The van der Waals surface area contributed by atoms with Crippen LogP contribution in [-0.2, 0) is 9.59 Å². The van der Waals surface area contributed by atoms with E-state index in [4.69, 9.17) is 4.74 Å². The first kappa shape index (κ1) is 26.0. The number of amides is 2. The average molecular weight is 505 g/mol. The zero-order chi connectivity index (χ0) is 26.4. The Balaban J connectivity index is 1.30. The van der Waals surface area contributed by atoms with Crippen molar-refractivity contribution in [1.82, 2.24) is 15.7 Å². The van der Waals surface area contributed by atoms with Gasteiger partial charge in [-0.25, -0.2) is 5.43 Å². The Morgan fingerprint density at radius 1 is 0.789 bits per heavy atom. The number of benzene rings is 3. The first-order valence-electron chi connectivity index (χ1n) is 12.2. The maximum absolute atomic E-state index is 12.7. The lowest BCUT2D eigenvalue weighted by atomic mass is 10.0. The molecule has 190 valence electrons. The molecule has 4 rings (SSSR count). The molecule has 7 heteroatoms. The predicted molar refractivity (Wildman–Crippen MR) is 149 cm³/mol. The van der Waals surface area contributed by atoms with Crippen molar-refractivity contribution in [1.29, 1.82) is 0 Å². The van der Waals surface area contributed by atoms with Crippen LogP contribution in [0, 0.1) is 0 Å². The van der Waals surface area contributed by atoms with E-state index < -0.39 is 6.04 Å². The molecule has 7 nitrogen and oxygen atoms in total. The fraction of sp³-hybridized carbons (Fsp3) is 0.0968. The highest BCUT2D eigenvalue weighted by Crippen LogP contribution is 2.18. The summed E-state index contributed by atoms with van der Waals surface area (Å²) >= 11 is 0. The van der Waals surface area contributed by atoms with Gasteiger partial charge >= 0.3 is 0 Å². The van der Waals surface area contributed by atoms with Crippen LogP contribution < -0.4 is 15.5 Å². The van der Waals surface area contributed by atoms with Crippen LogP contribution in [0.4, 0.5) is 0 Å². The van der Waals surface area contributed by atoms with Crippen molar-refractivity contribution in [2.24, 2.45) is 5.10 Å².